The summed E-state index contributed by atoms with van der Waals surface area (Å²) in [5.74, 6) is 1.53. The van der Waals surface area contributed by atoms with Crippen molar-refractivity contribution in [3.63, 3.8) is 0 Å². The van der Waals surface area contributed by atoms with Crippen LogP contribution in [0.5, 0.6) is 11.5 Å². The van der Waals surface area contributed by atoms with Gasteiger partial charge in [0, 0.05) is 22.1 Å². The van der Waals surface area contributed by atoms with Crippen molar-refractivity contribution in [2.24, 2.45) is 0 Å². The summed E-state index contributed by atoms with van der Waals surface area (Å²) in [7, 11) is 0. The summed E-state index contributed by atoms with van der Waals surface area (Å²) >= 11 is 0. The molecule has 8 aromatic carbocycles. The van der Waals surface area contributed by atoms with E-state index in [1.54, 1.807) is 0 Å². The minimum atomic E-state index is -0.896. The Labute approximate surface area is 268 Å². The quantitative estimate of drug-likeness (QED) is 0.189. The zero-order chi connectivity index (χ0) is 30.8. The predicted molar refractivity (Wildman–Crippen MR) is 193 cm³/mol. The van der Waals surface area contributed by atoms with Crippen molar-refractivity contribution in [2.45, 2.75) is 25.6 Å². The SMILES string of the molecule is CC(C)Oc1cc2c3ccccc3c3ccccc3c2c2c1OC(c1ccccc1)(c1cc3ccccc3c3ccccc13)C=C2. The fourth-order valence-corrected chi connectivity index (χ4v) is 7.56. The highest BCUT2D eigenvalue weighted by atomic mass is 16.5. The van der Waals surface area contributed by atoms with Crippen LogP contribution in [-0.2, 0) is 5.60 Å². The number of ether oxygens (including phenoxy) is 2. The molecule has 0 aliphatic carbocycles. The molecule has 1 aliphatic heterocycles. The highest BCUT2D eigenvalue weighted by Gasteiger charge is 2.40. The molecule has 0 amide bonds. The third kappa shape index (κ3) is 3.90. The van der Waals surface area contributed by atoms with Gasteiger partial charge in [0.2, 0.25) is 0 Å². The Morgan fingerprint density at radius 1 is 0.543 bits per heavy atom. The van der Waals surface area contributed by atoms with E-state index in [9.17, 15) is 0 Å². The molecule has 1 atom stereocenters. The van der Waals surface area contributed by atoms with Crippen molar-refractivity contribution in [1.82, 2.24) is 0 Å². The summed E-state index contributed by atoms with van der Waals surface area (Å²) in [6, 6.07) is 49.8. The molecule has 0 spiro atoms. The third-order valence-electron chi connectivity index (χ3n) is 9.47. The summed E-state index contributed by atoms with van der Waals surface area (Å²) < 4.78 is 14.2. The van der Waals surface area contributed by atoms with Gasteiger partial charge in [0.05, 0.1) is 6.10 Å². The summed E-state index contributed by atoms with van der Waals surface area (Å²) in [6.07, 6.45) is 4.52. The zero-order valence-electron chi connectivity index (χ0n) is 25.8. The van der Waals surface area contributed by atoms with E-state index in [1.165, 1.54) is 53.9 Å². The van der Waals surface area contributed by atoms with Gasteiger partial charge in [-0.2, -0.15) is 0 Å². The average Bonchev–Trinajstić information content (AvgIpc) is 3.11. The Kier molecular flexibility index (Phi) is 5.95. The smallest absolute Gasteiger partial charge is 0.178 e. The third-order valence-corrected chi connectivity index (χ3v) is 9.47. The molecule has 2 nitrogen and oxygen atoms in total. The molecule has 46 heavy (non-hydrogen) atoms. The number of hydrogen-bond acceptors (Lipinski definition) is 2. The minimum Gasteiger partial charge on any atom is -0.487 e. The summed E-state index contributed by atoms with van der Waals surface area (Å²) in [4.78, 5) is 0. The largest absolute Gasteiger partial charge is 0.487 e. The second kappa shape index (κ2) is 10.2. The monoisotopic (exact) mass is 592 g/mol. The normalized spacial score (nSPS) is 16.0. The molecule has 0 radical (unpaired) electrons. The van der Waals surface area contributed by atoms with Crippen LogP contribution >= 0.6 is 0 Å². The van der Waals surface area contributed by atoms with E-state index in [2.05, 4.69) is 166 Å². The minimum absolute atomic E-state index is 0.0320. The second-order valence-electron chi connectivity index (χ2n) is 12.5. The Morgan fingerprint density at radius 2 is 1.09 bits per heavy atom. The maximum absolute atomic E-state index is 7.54. The molecule has 1 heterocycles. The van der Waals surface area contributed by atoms with Crippen LogP contribution in [-0.4, -0.2) is 6.10 Å². The Morgan fingerprint density at radius 3 is 1.78 bits per heavy atom. The molecule has 0 saturated carbocycles. The first kappa shape index (κ1) is 26.8. The van der Waals surface area contributed by atoms with Crippen LogP contribution in [0.2, 0.25) is 0 Å². The standard InChI is InChI=1S/C44H32O2/c1-28(2)45-41-27-39-35-21-9-8-19-33(35)34-20-11-13-23-37(34)42(39)38-24-25-44(46-43(38)41,30-15-4-3-5-16-30)40-26-29-14-6-7-17-31(29)32-18-10-12-22-36(32)40/h3-28H,1-2H3. The number of benzene rings is 8. The van der Waals surface area contributed by atoms with Crippen LogP contribution in [0.1, 0.15) is 30.5 Å². The molecule has 1 unspecified atom stereocenters. The first-order valence-electron chi connectivity index (χ1n) is 16.0. The second-order valence-corrected chi connectivity index (χ2v) is 12.5. The van der Waals surface area contributed by atoms with Crippen LogP contribution in [0, 0.1) is 0 Å². The number of fused-ring (bicyclic) bond motifs is 11. The molecule has 220 valence electrons. The van der Waals surface area contributed by atoms with Crippen LogP contribution in [0.3, 0.4) is 0 Å². The number of hydrogen-bond donors (Lipinski definition) is 0. The van der Waals surface area contributed by atoms with Crippen LogP contribution < -0.4 is 9.47 Å². The molecule has 8 aromatic rings. The van der Waals surface area contributed by atoms with Crippen LogP contribution in [0.15, 0.2) is 146 Å². The van der Waals surface area contributed by atoms with E-state index in [0.717, 1.165) is 28.2 Å². The maximum Gasteiger partial charge on any atom is 0.178 e. The lowest BCUT2D eigenvalue weighted by Crippen LogP contribution is -2.35. The van der Waals surface area contributed by atoms with Gasteiger partial charge in [-0.05, 0) is 86.6 Å². The highest BCUT2D eigenvalue weighted by Crippen LogP contribution is 2.52. The van der Waals surface area contributed by atoms with Gasteiger partial charge in [-0.15, -0.1) is 0 Å². The van der Waals surface area contributed by atoms with Gasteiger partial charge in [-0.25, -0.2) is 0 Å². The molecule has 0 bridgehead atoms. The lowest BCUT2D eigenvalue weighted by atomic mass is 9.79. The van der Waals surface area contributed by atoms with Crippen LogP contribution in [0.4, 0.5) is 0 Å². The van der Waals surface area contributed by atoms with Crippen molar-refractivity contribution >= 4 is 59.9 Å². The van der Waals surface area contributed by atoms with Crippen molar-refractivity contribution < 1.29 is 9.47 Å². The molecule has 0 saturated heterocycles. The van der Waals surface area contributed by atoms with E-state index in [0.29, 0.717) is 0 Å². The zero-order valence-corrected chi connectivity index (χ0v) is 25.8. The van der Waals surface area contributed by atoms with Gasteiger partial charge in [0.1, 0.15) is 0 Å². The van der Waals surface area contributed by atoms with E-state index in [1.807, 2.05) is 0 Å². The summed E-state index contributed by atoms with van der Waals surface area (Å²) in [5.41, 5.74) is 2.32. The van der Waals surface area contributed by atoms with Gasteiger partial charge in [0.25, 0.3) is 0 Å². The number of rotatable bonds is 4. The molecule has 9 rings (SSSR count). The molecule has 0 N–H and O–H groups in total. The van der Waals surface area contributed by atoms with Gasteiger partial charge in [-0.1, -0.05) is 127 Å². The lowest BCUT2D eigenvalue weighted by Gasteiger charge is -2.38. The molecule has 0 aromatic heterocycles. The molecule has 0 fully saturated rings. The Balaban J connectivity index is 1.42. The van der Waals surface area contributed by atoms with E-state index >= 15 is 0 Å². The molecular weight excluding hydrogens is 560 g/mol. The average molecular weight is 593 g/mol. The Bertz CT molecular complexity index is 2510. The van der Waals surface area contributed by atoms with Gasteiger partial charge < -0.3 is 9.47 Å². The van der Waals surface area contributed by atoms with Gasteiger partial charge in [-0.3, -0.25) is 0 Å². The fraction of sp³-hybridized carbons (Fsp3) is 0.0909. The Hall–Kier alpha value is -5.60. The summed E-state index contributed by atoms with van der Waals surface area (Å²) in [6.45, 7) is 4.16. The maximum atomic E-state index is 7.54. The topological polar surface area (TPSA) is 18.5 Å². The molecule has 1 aliphatic rings. The lowest BCUT2D eigenvalue weighted by molar-refractivity contribution is 0.146. The van der Waals surface area contributed by atoms with Crippen LogP contribution in [0.25, 0.3) is 59.9 Å². The van der Waals surface area contributed by atoms with E-state index in [-0.39, 0.29) is 6.10 Å². The molecular formula is C44H32O2. The molecule has 2 heteroatoms. The van der Waals surface area contributed by atoms with Crippen molar-refractivity contribution in [3.8, 4) is 11.5 Å². The van der Waals surface area contributed by atoms with Gasteiger partial charge >= 0.3 is 0 Å². The highest BCUT2D eigenvalue weighted by molar-refractivity contribution is 6.27. The van der Waals surface area contributed by atoms with Crippen molar-refractivity contribution in [2.75, 3.05) is 0 Å². The van der Waals surface area contributed by atoms with Gasteiger partial charge in [0.15, 0.2) is 17.1 Å². The summed E-state index contributed by atoms with van der Waals surface area (Å²) in [5, 5.41) is 12.0. The first-order chi connectivity index (χ1) is 22.6. The van der Waals surface area contributed by atoms with Crippen molar-refractivity contribution in [1.29, 1.82) is 0 Å². The first-order valence-corrected chi connectivity index (χ1v) is 16.0. The van der Waals surface area contributed by atoms with E-state index < -0.39 is 5.60 Å². The fourth-order valence-electron chi connectivity index (χ4n) is 7.56. The van der Waals surface area contributed by atoms with Crippen molar-refractivity contribution in [3.05, 3.63) is 162 Å². The predicted octanol–water partition coefficient (Wildman–Crippen LogP) is 11.6. The van der Waals surface area contributed by atoms with E-state index in [4.69, 9.17) is 9.47 Å².